The molecular weight excluding hydrogens is 346 g/mol. The Hall–Kier alpha value is -2.64. The van der Waals surface area contributed by atoms with Crippen LogP contribution in [0.15, 0.2) is 41.7 Å². The number of para-hydroxylation sites is 1. The van der Waals surface area contributed by atoms with Gasteiger partial charge in [-0.25, -0.2) is 4.79 Å². The molecule has 0 atom stereocenters. The fourth-order valence-electron chi connectivity index (χ4n) is 2.72. The van der Waals surface area contributed by atoms with Crippen LogP contribution < -0.4 is 5.32 Å². The summed E-state index contributed by atoms with van der Waals surface area (Å²) in [4.78, 5) is 30.3. The standard InChI is InChI=1S/C17H16ClN3O4/c1-25-17(24)12-9-21(5-6-22)16(23)15(12)20-13-4-2-3-10-7-11(18)8-19-14(10)13/h2-4,7-8,20,22H,5-6,9H2,1H3. The zero-order chi connectivity index (χ0) is 18.0. The minimum atomic E-state index is -0.590. The highest BCUT2D eigenvalue weighted by Crippen LogP contribution is 2.28. The number of aliphatic hydroxyl groups excluding tert-OH is 1. The molecule has 1 aliphatic heterocycles. The summed E-state index contributed by atoms with van der Waals surface area (Å²) in [5, 5.41) is 13.4. The third kappa shape index (κ3) is 3.29. The monoisotopic (exact) mass is 361 g/mol. The van der Waals surface area contributed by atoms with E-state index < -0.39 is 5.97 Å². The number of β-amino-alcohol motifs (C(OH)–C–C–N with tert-alkyl or cyclic N) is 1. The Morgan fingerprint density at radius 3 is 3.00 bits per heavy atom. The van der Waals surface area contributed by atoms with Crippen LogP contribution >= 0.6 is 11.6 Å². The maximum absolute atomic E-state index is 12.6. The van der Waals surface area contributed by atoms with E-state index in [0.717, 1.165) is 5.39 Å². The van der Waals surface area contributed by atoms with Gasteiger partial charge in [0.05, 0.1) is 42.1 Å². The lowest BCUT2D eigenvalue weighted by Gasteiger charge is -2.15. The van der Waals surface area contributed by atoms with Crippen molar-refractivity contribution in [3.63, 3.8) is 0 Å². The maximum Gasteiger partial charge on any atom is 0.337 e. The summed E-state index contributed by atoms with van der Waals surface area (Å²) in [6, 6.07) is 7.17. The summed E-state index contributed by atoms with van der Waals surface area (Å²) < 4.78 is 4.77. The summed E-state index contributed by atoms with van der Waals surface area (Å²) in [5.41, 5.74) is 1.54. The number of esters is 1. The Labute approximate surface area is 148 Å². The highest BCUT2D eigenvalue weighted by atomic mass is 35.5. The molecule has 1 aromatic heterocycles. The molecular formula is C17H16ClN3O4. The second-order valence-electron chi connectivity index (χ2n) is 5.45. The fraction of sp³-hybridized carbons (Fsp3) is 0.235. The van der Waals surface area contributed by atoms with Crippen molar-refractivity contribution in [2.75, 3.05) is 32.1 Å². The first kappa shape index (κ1) is 17.2. The van der Waals surface area contributed by atoms with Gasteiger partial charge >= 0.3 is 5.97 Å². The molecule has 2 aromatic rings. The van der Waals surface area contributed by atoms with Gasteiger partial charge in [-0.1, -0.05) is 23.7 Å². The van der Waals surface area contributed by atoms with Gasteiger partial charge in [-0.05, 0) is 12.1 Å². The zero-order valence-corrected chi connectivity index (χ0v) is 14.2. The second kappa shape index (κ2) is 7.08. The molecule has 1 aliphatic rings. The van der Waals surface area contributed by atoms with Crippen molar-refractivity contribution in [1.82, 2.24) is 9.88 Å². The van der Waals surface area contributed by atoms with E-state index in [2.05, 4.69) is 10.3 Å². The molecule has 2 heterocycles. The van der Waals surface area contributed by atoms with Crippen molar-refractivity contribution in [1.29, 1.82) is 0 Å². The van der Waals surface area contributed by atoms with Gasteiger partial charge in [-0.15, -0.1) is 0 Å². The molecule has 1 amide bonds. The molecule has 0 saturated heterocycles. The highest BCUT2D eigenvalue weighted by Gasteiger charge is 2.34. The molecule has 3 rings (SSSR count). The summed E-state index contributed by atoms with van der Waals surface area (Å²) >= 11 is 5.96. The van der Waals surface area contributed by atoms with Crippen LogP contribution in [0.5, 0.6) is 0 Å². The lowest BCUT2D eigenvalue weighted by atomic mass is 10.1. The number of benzene rings is 1. The average Bonchev–Trinajstić information content (AvgIpc) is 2.91. The third-order valence-corrected chi connectivity index (χ3v) is 4.10. The lowest BCUT2D eigenvalue weighted by Crippen LogP contribution is -2.31. The molecule has 0 radical (unpaired) electrons. The van der Waals surface area contributed by atoms with Gasteiger partial charge in [-0.3, -0.25) is 9.78 Å². The third-order valence-electron chi connectivity index (χ3n) is 3.89. The molecule has 8 heteroatoms. The zero-order valence-electron chi connectivity index (χ0n) is 13.5. The molecule has 0 unspecified atom stereocenters. The first-order valence-electron chi connectivity index (χ1n) is 7.58. The average molecular weight is 362 g/mol. The number of fused-ring (bicyclic) bond motifs is 1. The SMILES string of the molecule is COC(=O)C1=C(Nc2cccc3cc(Cl)cnc23)C(=O)N(CCO)C1. The molecule has 0 bridgehead atoms. The van der Waals surface area contributed by atoms with Gasteiger partial charge in [0.1, 0.15) is 5.70 Å². The van der Waals surface area contributed by atoms with E-state index in [1.807, 2.05) is 6.07 Å². The number of carbonyl (C=O) groups is 2. The Kier molecular flexibility index (Phi) is 4.87. The van der Waals surface area contributed by atoms with Crippen LogP contribution in [0, 0.1) is 0 Å². The number of hydrogen-bond acceptors (Lipinski definition) is 6. The number of nitrogens with one attached hydrogen (secondary N) is 1. The number of carbonyl (C=O) groups excluding carboxylic acids is 2. The van der Waals surface area contributed by atoms with Gasteiger partial charge in [0.2, 0.25) is 0 Å². The molecule has 0 aliphatic carbocycles. The van der Waals surface area contributed by atoms with E-state index in [9.17, 15) is 9.59 Å². The van der Waals surface area contributed by atoms with Crippen LogP contribution in [-0.4, -0.2) is 53.7 Å². The predicted molar refractivity (Wildman–Crippen MR) is 93.1 cm³/mol. The number of pyridine rings is 1. The van der Waals surface area contributed by atoms with E-state index in [1.165, 1.54) is 18.2 Å². The van der Waals surface area contributed by atoms with Gasteiger partial charge < -0.3 is 20.1 Å². The highest BCUT2D eigenvalue weighted by molar-refractivity contribution is 6.31. The molecule has 0 saturated carbocycles. The number of anilines is 1. The van der Waals surface area contributed by atoms with E-state index in [-0.39, 0.29) is 36.9 Å². The van der Waals surface area contributed by atoms with E-state index in [4.69, 9.17) is 21.4 Å². The number of halogens is 1. The minimum Gasteiger partial charge on any atom is -0.466 e. The Balaban J connectivity index is 2.02. The lowest BCUT2D eigenvalue weighted by molar-refractivity contribution is -0.136. The molecule has 1 aromatic carbocycles. The Bertz CT molecular complexity index is 881. The van der Waals surface area contributed by atoms with Crippen molar-refractivity contribution < 1.29 is 19.4 Å². The Morgan fingerprint density at radius 2 is 2.28 bits per heavy atom. The van der Waals surface area contributed by atoms with E-state index >= 15 is 0 Å². The first-order valence-corrected chi connectivity index (χ1v) is 7.96. The minimum absolute atomic E-state index is 0.0818. The fourth-order valence-corrected chi connectivity index (χ4v) is 2.88. The quantitative estimate of drug-likeness (QED) is 0.785. The van der Waals surface area contributed by atoms with Crippen molar-refractivity contribution >= 4 is 40.1 Å². The summed E-state index contributed by atoms with van der Waals surface area (Å²) in [7, 11) is 1.26. The first-order chi connectivity index (χ1) is 12.0. The van der Waals surface area contributed by atoms with Crippen LogP contribution in [0.25, 0.3) is 10.9 Å². The van der Waals surface area contributed by atoms with Crippen LogP contribution in [0.1, 0.15) is 0 Å². The van der Waals surface area contributed by atoms with Crippen molar-refractivity contribution in [2.24, 2.45) is 0 Å². The number of rotatable bonds is 5. The van der Waals surface area contributed by atoms with Crippen LogP contribution in [0.2, 0.25) is 5.02 Å². The number of aliphatic hydroxyl groups is 1. The maximum atomic E-state index is 12.6. The van der Waals surface area contributed by atoms with Crippen molar-refractivity contribution in [2.45, 2.75) is 0 Å². The number of hydrogen-bond donors (Lipinski definition) is 2. The Morgan fingerprint density at radius 1 is 1.48 bits per heavy atom. The van der Waals surface area contributed by atoms with Gasteiger partial charge in [-0.2, -0.15) is 0 Å². The number of aromatic nitrogens is 1. The molecule has 0 fully saturated rings. The predicted octanol–water partition coefficient (Wildman–Crippen LogP) is 1.56. The van der Waals surface area contributed by atoms with Crippen molar-refractivity contribution in [3.05, 3.63) is 46.8 Å². The topological polar surface area (TPSA) is 91.8 Å². The molecule has 2 N–H and O–H groups in total. The van der Waals surface area contributed by atoms with Crippen LogP contribution in [-0.2, 0) is 14.3 Å². The molecule has 25 heavy (non-hydrogen) atoms. The van der Waals surface area contributed by atoms with Gasteiger partial charge in [0.15, 0.2) is 0 Å². The van der Waals surface area contributed by atoms with Gasteiger partial charge in [0, 0.05) is 18.1 Å². The normalized spacial score (nSPS) is 14.4. The van der Waals surface area contributed by atoms with Crippen LogP contribution in [0.4, 0.5) is 5.69 Å². The summed E-state index contributed by atoms with van der Waals surface area (Å²) in [6.45, 7) is 0.0219. The second-order valence-corrected chi connectivity index (χ2v) is 5.89. The number of amides is 1. The molecule has 0 spiro atoms. The van der Waals surface area contributed by atoms with Gasteiger partial charge in [0.25, 0.3) is 5.91 Å². The van der Waals surface area contributed by atoms with Crippen molar-refractivity contribution in [3.8, 4) is 0 Å². The summed E-state index contributed by atoms with van der Waals surface area (Å²) in [5.74, 6) is -0.965. The molecule has 7 nitrogen and oxygen atoms in total. The van der Waals surface area contributed by atoms with E-state index in [0.29, 0.717) is 16.2 Å². The van der Waals surface area contributed by atoms with E-state index in [1.54, 1.807) is 18.2 Å². The number of nitrogens with zero attached hydrogens (tertiary/aromatic N) is 2. The smallest absolute Gasteiger partial charge is 0.337 e. The number of ether oxygens (including phenoxy) is 1. The van der Waals surface area contributed by atoms with Crippen LogP contribution in [0.3, 0.4) is 0 Å². The molecule has 130 valence electrons. The summed E-state index contributed by atoms with van der Waals surface area (Å²) in [6.07, 6.45) is 1.51. The largest absolute Gasteiger partial charge is 0.466 e. The number of methoxy groups -OCH3 is 1.